The van der Waals surface area contributed by atoms with E-state index in [0.29, 0.717) is 25.8 Å². The van der Waals surface area contributed by atoms with Crippen LogP contribution in [-0.4, -0.2) is 110 Å². The van der Waals surface area contributed by atoms with Crippen molar-refractivity contribution in [3.05, 3.63) is 23.8 Å². The van der Waals surface area contributed by atoms with Gasteiger partial charge in [0.05, 0.1) is 31.1 Å². The van der Waals surface area contributed by atoms with Gasteiger partial charge in [0.1, 0.15) is 35.5 Å². The third-order valence-electron chi connectivity index (χ3n) is 7.40. The van der Waals surface area contributed by atoms with Crippen LogP contribution in [0.2, 0.25) is 0 Å². The fraction of sp³-hybridized carbons (Fsp3) is 0.760. The third kappa shape index (κ3) is 6.71. The van der Waals surface area contributed by atoms with E-state index in [4.69, 9.17) is 4.74 Å². The van der Waals surface area contributed by atoms with Gasteiger partial charge in [0.25, 0.3) is 5.91 Å². The lowest BCUT2D eigenvalue weighted by atomic mass is 9.92. The number of unbranched alkanes of at least 4 members (excludes halogenated alkanes) is 1. The number of hydrogen-bond acceptors (Lipinski definition) is 12. The summed E-state index contributed by atoms with van der Waals surface area (Å²) < 4.78 is 8.63. The molecule has 222 valence electrons. The molecule has 14 nitrogen and oxygen atoms in total. The lowest BCUT2D eigenvalue weighted by molar-refractivity contribution is -0.178. The maximum Gasteiger partial charge on any atom is 0.273 e. The number of ketones is 1. The molecule has 2 fully saturated rings. The molecular weight excluding hydrogens is 542 g/mol. The second-order valence-electron chi connectivity index (χ2n) is 10.3. The Hall–Kier alpha value is -2.43. The van der Waals surface area contributed by atoms with Crippen LogP contribution in [0.3, 0.4) is 0 Å². The Bertz CT molecular complexity index is 1130. The molecular formula is C25H39N7O7S. The van der Waals surface area contributed by atoms with Gasteiger partial charge < -0.3 is 30.5 Å². The van der Waals surface area contributed by atoms with Gasteiger partial charge >= 0.3 is 0 Å². The number of Topliss-reactive ketones (excluding diaryl/α,β-unsaturated/α-hetero) is 1. The van der Waals surface area contributed by atoms with E-state index in [1.54, 1.807) is 10.9 Å². The van der Waals surface area contributed by atoms with Crippen molar-refractivity contribution in [2.24, 2.45) is 0 Å². The van der Waals surface area contributed by atoms with Crippen LogP contribution in [0.25, 0.3) is 0 Å². The number of rotatable bonds is 12. The highest BCUT2D eigenvalue weighted by molar-refractivity contribution is 8.00. The number of aromatic nitrogens is 6. The first-order valence-corrected chi connectivity index (χ1v) is 14.8. The monoisotopic (exact) mass is 581 g/mol. The molecule has 0 aromatic carbocycles. The van der Waals surface area contributed by atoms with Crippen molar-refractivity contribution in [3.8, 4) is 0 Å². The molecule has 4 rings (SSSR count). The first kappa shape index (κ1) is 30.5. The second-order valence-corrected chi connectivity index (χ2v) is 11.7. The SMILES string of the molecule is CCCCC(=O)c1cn(C2CCC[C@@H](S[C@@H]3OC(CO)[C@H](O)[C@H](n4cc(C(=O)NCCC)nn4)C3O)C2O)nn1. The van der Waals surface area contributed by atoms with Crippen LogP contribution in [0, 0.1) is 0 Å². The number of carbonyl (C=O) groups excluding carboxylic acids is 2. The Morgan fingerprint density at radius 2 is 1.75 bits per heavy atom. The van der Waals surface area contributed by atoms with Gasteiger partial charge in [0.2, 0.25) is 0 Å². The average molecular weight is 582 g/mol. The maximum absolute atomic E-state index is 12.4. The summed E-state index contributed by atoms with van der Waals surface area (Å²) in [6.07, 6.45) is 3.24. The number of aliphatic hydroxyl groups is 4. The van der Waals surface area contributed by atoms with Crippen molar-refractivity contribution in [2.75, 3.05) is 13.2 Å². The summed E-state index contributed by atoms with van der Waals surface area (Å²) in [5.74, 6) is -0.504. The van der Waals surface area contributed by atoms with E-state index in [-0.39, 0.29) is 22.4 Å². The van der Waals surface area contributed by atoms with Gasteiger partial charge in [-0.05, 0) is 25.7 Å². The molecule has 4 unspecified atom stereocenters. The number of nitrogens with zero attached hydrogens (tertiary/aromatic N) is 6. The zero-order valence-electron chi connectivity index (χ0n) is 22.7. The van der Waals surface area contributed by atoms with Crippen molar-refractivity contribution in [1.29, 1.82) is 0 Å². The molecule has 5 N–H and O–H groups in total. The van der Waals surface area contributed by atoms with E-state index in [9.17, 15) is 30.0 Å². The van der Waals surface area contributed by atoms with E-state index < -0.39 is 54.4 Å². The normalized spacial score (nSPS) is 30.8. The van der Waals surface area contributed by atoms with Gasteiger partial charge in [-0.1, -0.05) is 37.1 Å². The molecule has 3 heterocycles. The molecule has 8 atom stereocenters. The molecule has 1 aliphatic heterocycles. The van der Waals surface area contributed by atoms with Crippen LogP contribution in [0.1, 0.15) is 91.9 Å². The molecule has 2 aliphatic rings. The summed E-state index contributed by atoms with van der Waals surface area (Å²) in [6, 6.07) is -1.46. The van der Waals surface area contributed by atoms with Crippen LogP contribution in [0.5, 0.6) is 0 Å². The highest BCUT2D eigenvalue weighted by Crippen LogP contribution is 2.42. The van der Waals surface area contributed by atoms with Gasteiger partial charge in [-0.25, -0.2) is 9.36 Å². The molecule has 15 heteroatoms. The lowest BCUT2D eigenvalue weighted by Crippen LogP contribution is -2.55. The van der Waals surface area contributed by atoms with E-state index in [1.165, 1.54) is 22.6 Å². The highest BCUT2D eigenvalue weighted by atomic mass is 32.2. The van der Waals surface area contributed by atoms with Crippen LogP contribution >= 0.6 is 11.8 Å². The van der Waals surface area contributed by atoms with Gasteiger partial charge in [-0.15, -0.1) is 22.0 Å². The first-order chi connectivity index (χ1) is 19.3. The summed E-state index contributed by atoms with van der Waals surface area (Å²) in [6.45, 7) is 3.89. The van der Waals surface area contributed by atoms with Crippen molar-refractivity contribution in [2.45, 2.75) is 106 Å². The number of aliphatic hydroxyl groups excluding tert-OH is 4. The summed E-state index contributed by atoms with van der Waals surface area (Å²) in [4.78, 5) is 24.7. The Morgan fingerprint density at radius 1 is 1.02 bits per heavy atom. The fourth-order valence-electron chi connectivity index (χ4n) is 5.11. The molecule has 2 aromatic heterocycles. The van der Waals surface area contributed by atoms with E-state index in [0.717, 1.165) is 25.7 Å². The van der Waals surface area contributed by atoms with Gasteiger partial charge in [0, 0.05) is 18.2 Å². The molecule has 1 aliphatic carbocycles. The Labute approximate surface area is 236 Å². The fourth-order valence-corrected chi connectivity index (χ4v) is 6.63. The molecule has 2 aromatic rings. The number of carbonyl (C=O) groups is 2. The summed E-state index contributed by atoms with van der Waals surface area (Å²) >= 11 is 1.21. The smallest absolute Gasteiger partial charge is 0.273 e. The Morgan fingerprint density at radius 3 is 2.48 bits per heavy atom. The third-order valence-corrected chi connectivity index (χ3v) is 8.92. The number of hydrogen-bond donors (Lipinski definition) is 5. The topological polar surface area (TPSA) is 198 Å². The minimum Gasteiger partial charge on any atom is -0.394 e. The van der Waals surface area contributed by atoms with Crippen molar-refractivity contribution in [3.63, 3.8) is 0 Å². The van der Waals surface area contributed by atoms with Crippen LogP contribution in [-0.2, 0) is 4.74 Å². The van der Waals surface area contributed by atoms with Crippen LogP contribution in [0.15, 0.2) is 12.4 Å². The van der Waals surface area contributed by atoms with Gasteiger partial charge in [-0.2, -0.15) is 0 Å². The predicted molar refractivity (Wildman–Crippen MR) is 144 cm³/mol. The Kier molecular flexibility index (Phi) is 10.7. The van der Waals surface area contributed by atoms with Crippen molar-refractivity contribution < 1.29 is 34.8 Å². The molecule has 1 saturated heterocycles. The van der Waals surface area contributed by atoms with Crippen LogP contribution in [0.4, 0.5) is 0 Å². The predicted octanol–water partition coefficient (Wildman–Crippen LogP) is 0.250. The zero-order chi connectivity index (χ0) is 28.8. The Balaban J connectivity index is 1.47. The van der Waals surface area contributed by atoms with Crippen molar-refractivity contribution in [1.82, 2.24) is 35.3 Å². The molecule has 0 bridgehead atoms. The van der Waals surface area contributed by atoms with Crippen LogP contribution < -0.4 is 5.32 Å². The number of ether oxygens (including phenoxy) is 1. The van der Waals surface area contributed by atoms with Gasteiger partial charge in [-0.3, -0.25) is 9.59 Å². The average Bonchev–Trinajstić information content (AvgIpc) is 3.64. The number of amides is 1. The summed E-state index contributed by atoms with van der Waals surface area (Å²) in [5.41, 5.74) is -0.609. The molecule has 0 radical (unpaired) electrons. The van der Waals surface area contributed by atoms with E-state index in [1.807, 2.05) is 13.8 Å². The highest BCUT2D eigenvalue weighted by Gasteiger charge is 2.48. The molecule has 40 heavy (non-hydrogen) atoms. The van der Waals surface area contributed by atoms with Gasteiger partial charge in [0.15, 0.2) is 11.5 Å². The summed E-state index contributed by atoms with van der Waals surface area (Å²) in [5, 5.41) is 61.6. The number of nitrogens with one attached hydrogen (secondary N) is 1. The van der Waals surface area contributed by atoms with E-state index >= 15 is 0 Å². The standard InChI is InChI=1S/C25H39N7O7S/c1-3-5-8-17(34)14-11-31(29-27-14)16-7-6-9-19(21(16)35)40-25-23(37)20(22(36)18(13-33)39-25)32-12-15(28-30-32)24(38)26-10-4-2/h11-12,16,18-23,25,33,35-37H,3-10,13H2,1-2H3,(H,26,38)/t16?,18?,19-,20+,21?,22+,23?,25+/m1/s1. The maximum atomic E-state index is 12.4. The minimum atomic E-state index is -1.33. The summed E-state index contributed by atoms with van der Waals surface area (Å²) in [7, 11) is 0. The first-order valence-electron chi connectivity index (χ1n) is 13.9. The zero-order valence-corrected chi connectivity index (χ0v) is 23.6. The number of thioether (sulfide) groups is 1. The minimum absolute atomic E-state index is 0.0371. The molecule has 1 saturated carbocycles. The second kappa shape index (κ2) is 14.0. The molecule has 1 amide bonds. The van der Waals surface area contributed by atoms with E-state index in [2.05, 4.69) is 25.9 Å². The molecule has 0 spiro atoms. The quantitative estimate of drug-likeness (QED) is 0.215. The van der Waals surface area contributed by atoms with Crippen molar-refractivity contribution >= 4 is 23.5 Å². The largest absolute Gasteiger partial charge is 0.394 e. The lowest BCUT2D eigenvalue weighted by Gasteiger charge is -2.44.